The number of rotatable bonds is 6. The normalized spacial score (nSPS) is 20.3. The van der Waals surface area contributed by atoms with Crippen LogP contribution in [0.5, 0.6) is 5.75 Å². The van der Waals surface area contributed by atoms with Gasteiger partial charge in [0.15, 0.2) is 0 Å². The number of carboxylic acids is 1. The number of thioether (sulfide) groups is 1. The molecule has 2 fully saturated rings. The molecule has 6 rings (SSSR count). The summed E-state index contributed by atoms with van der Waals surface area (Å²) in [4.78, 5) is 29.4. The van der Waals surface area contributed by atoms with Crippen molar-refractivity contribution in [3.8, 4) is 5.75 Å². The maximum Gasteiger partial charge on any atom is 0.335 e. The first kappa shape index (κ1) is 24.8. The predicted molar refractivity (Wildman–Crippen MR) is 149 cm³/mol. The molecule has 3 aliphatic heterocycles. The van der Waals surface area contributed by atoms with Crippen LogP contribution >= 0.6 is 11.8 Å². The van der Waals surface area contributed by atoms with Gasteiger partial charge in [-0.25, -0.2) is 4.79 Å². The van der Waals surface area contributed by atoms with E-state index in [2.05, 4.69) is 39.4 Å². The number of nitrogens with zero attached hydrogens (tertiary/aromatic N) is 2. The molecular weight excluding hydrogens is 498 g/mol. The summed E-state index contributed by atoms with van der Waals surface area (Å²) in [7, 11) is 0. The maximum atomic E-state index is 13.0. The molecule has 0 radical (unpaired) electrons. The zero-order valence-electron chi connectivity index (χ0n) is 21.1. The van der Waals surface area contributed by atoms with Gasteiger partial charge in [0.05, 0.1) is 17.5 Å². The molecule has 196 valence electrons. The van der Waals surface area contributed by atoms with Crippen molar-refractivity contribution in [1.82, 2.24) is 10.2 Å². The lowest BCUT2D eigenvalue weighted by Crippen LogP contribution is -2.56. The molecule has 0 saturated carbocycles. The van der Waals surface area contributed by atoms with Gasteiger partial charge >= 0.3 is 5.97 Å². The molecule has 3 aromatic rings. The fourth-order valence-corrected chi connectivity index (χ4v) is 7.29. The molecule has 0 bridgehead atoms. The Morgan fingerprint density at radius 3 is 2.58 bits per heavy atom. The summed E-state index contributed by atoms with van der Waals surface area (Å²) < 4.78 is 6.09. The number of hydrogen-bond donors (Lipinski definition) is 2. The highest BCUT2D eigenvalue weighted by Gasteiger charge is 2.50. The average Bonchev–Trinajstić information content (AvgIpc) is 3.17. The summed E-state index contributed by atoms with van der Waals surface area (Å²) in [5, 5.41) is 12.7. The van der Waals surface area contributed by atoms with E-state index in [1.807, 2.05) is 42.1 Å². The van der Waals surface area contributed by atoms with Crippen molar-refractivity contribution in [3.05, 3.63) is 95.1 Å². The number of carbonyl (C=O) groups is 2. The van der Waals surface area contributed by atoms with Crippen molar-refractivity contribution in [2.24, 2.45) is 0 Å². The number of piperidine rings is 1. The molecule has 2 N–H and O–H groups in total. The molecule has 38 heavy (non-hydrogen) atoms. The number of anilines is 1. The predicted octanol–water partition coefficient (Wildman–Crippen LogP) is 4.53. The van der Waals surface area contributed by atoms with E-state index in [4.69, 9.17) is 4.74 Å². The number of likely N-dealkylation sites (tertiary alicyclic amines) is 1. The van der Waals surface area contributed by atoms with E-state index >= 15 is 0 Å². The summed E-state index contributed by atoms with van der Waals surface area (Å²) >= 11 is 1.83. The summed E-state index contributed by atoms with van der Waals surface area (Å²) in [5.41, 5.74) is 4.11. The van der Waals surface area contributed by atoms with Crippen molar-refractivity contribution >= 4 is 29.3 Å². The Kier molecular flexibility index (Phi) is 6.76. The monoisotopic (exact) mass is 529 g/mol. The van der Waals surface area contributed by atoms with Gasteiger partial charge in [-0.3, -0.25) is 4.79 Å². The van der Waals surface area contributed by atoms with Gasteiger partial charge in [-0.05, 0) is 54.3 Å². The minimum atomic E-state index is -0.933. The quantitative estimate of drug-likeness (QED) is 0.486. The van der Waals surface area contributed by atoms with Crippen molar-refractivity contribution in [2.75, 3.05) is 37.0 Å². The van der Waals surface area contributed by atoms with E-state index < -0.39 is 11.5 Å². The SMILES string of the molecule is O=C(O)c1ccc2c(c1)C(SCCN1CCC3(CC1)C(=O)NCN3c1ccccc1)c1ccccc1CO2. The van der Waals surface area contributed by atoms with Crippen LogP contribution in [0, 0.1) is 0 Å². The number of para-hydroxylation sites is 1. The van der Waals surface area contributed by atoms with Crippen molar-refractivity contribution in [3.63, 3.8) is 0 Å². The lowest BCUT2D eigenvalue weighted by atomic mass is 9.85. The third-order valence-electron chi connectivity index (χ3n) is 8.04. The van der Waals surface area contributed by atoms with Crippen molar-refractivity contribution in [2.45, 2.75) is 30.2 Å². The zero-order chi connectivity index (χ0) is 26.1. The van der Waals surface area contributed by atoms with Crippen LogP contribution in [0.25, 0.3) is 0 Å². The van der Waals surface area contributed by atoms with Crippen LogP contribution in [-0.2, 0) is 11.4 Å². The highest BCUT2D eigenvalue weighted by atomic mass is 32.2. The highest BCUT2D eigenvalue weighted by molar-refractivity contribution is 7.99. The van der Waals surface area contributed by atoms with Gasteiger partial charge in [-0.2, -0.15) is 0 Å². The van der Waals surface area contributed by atoms with Gasteiger partial charge in [0, 0.05) is 36.6 Å². The first-order valence-corrected chi connectivity index (χ1v) is 14.1. The van der Waals surface area contributed by atoms with Crippen LogP contribution in [0.3, 0.4) is 0 Å². The largest absolute Gasteiger partial charge is 0.489 e. The summed E-state index contributed by atoms with van der Waals surface area (Å²) in [6, 6.07) is 23.6. The third-order valence-corrected chi connectivity index (χ3v) is 9.30. The number of amides is 1. The molecule has 8 heteroatoms. The molecule has 3 aliphatic rings. The zero-order valence-corrected chi connectivity index (χ0v) is 22.0. The lowest BCUT2D eigenvalue weighted by molar-refractivity contribution is -0.125. The van der Waals surface area contributed by atoms with E-state index in [1.165, 1.54) is 5.56 Å². The van der Waals surface area contributed by atoms with Gasteiger partial charge in [0.1, 0.15) is 17.9 Å². The number of hydrogen-bond acceptors (Lipinski definition) is 6. The second-order valence-corrected chi connectivity index (χ2v) is 11.3. The Balaban J connectivity index is 1.15. The number of carbonyl (C=O) groups excluding carboxylic acids is 1. The van der Waals surface area contributed by atoms with Crippen molar-refractivity contribution < 1.29 is 19.4 Å². The number of aromatic carboxylic acids is 1. The van der Waals surface area contributed by atoms with Crippen LogP contribution in [0.15, 0.2) is 72.8 Å². The minimum Gasteiger partial charge on any atom is -0.489 e. The van der Waals surface area contributed by atoms with Gasteiger partial charge in [-0.15, -0.1) is 11.8 Å². The molecule has 1 spiro atoms. The fraction of sp³-hybridized carbons (Fsp3) is 0.333. The van der Waals surface area contributed by atoms with Gasteiger partial charge < -0.3 is 25.0 Å². The van der Waals surface area contributed by atoms with E-state index in [1.54, 1.807) is 18.2 Å². The molecule has 1 unspecified atom stereocenters. The molecule has 1 amide bonds. The second-order valence-electron chi connectivity index (χ2n) is 10.1. The lowest BCUT2D eigenvalue weighted by Gasteiger charge is -2.43. The van der Waals surface area contributed by atoms with Crippen LogP contribution in [-0.4, -0.2) is 59.5 Å². The Morgan fingerprint density at radius 2 is 1.79 bits per heavy atom. The first-order chi connectivity index (χ1) is 18.5. The van der Waals surface area contributed by atoms with Gasteiger partial charge in [-0.1, -0.05) is 42.5 Å². The number of fused-ring (bicyclic) bond motifs is 2. The van der Waals surface area contributed by atoms with Crippen LogP contribution < -0.4 is 15.0 Å². The number of ether oxygens (including phenoxy) is 1. The standard InChI is InChI=1S/C30H31N3O4S/c34-28(35)21-10-11-26-25(18-21)27(24-9-5-4-6-22(24)19-37-26)38-17-16-32-14-12-30(13-15-32)29(36)31-20-33(30)23-7-2-1-3-8-23/h1-11,18,27H,12-17,19-20H2,(H,31,36)(H,34,35). The molecule has 3 aromatic carbocycles. The Bertz CT molecular complexity index is 1340. The van der Waals surface area contributed by atoms with Crippen LogP contribution in [0.4, 0.5) is 5.69 Å². The number of benzene rings is 3. The van der Waals surface area contributed by atoms with Crippen LogP contribution in [0.1, 0.15) is 45.1 Å². The summed E-state index contributed by atoms with van der Waals surface area (Å²) in [6.07, 6.45) is 1.59. The van der Waals surface area contributed by atoms with E-state index in [0.29, 0.717) is 13.3 Å². The maximum absolute atomic E-state index is 13.0. The smallest absolute Gasteiger partial charge is 0.335 e. The Labute approximate surface area is 226 Å². The molecular formula is C30H31N3O4S. The third kappa shape index (κ3) is 4.52. The second kappa shape index (κ2) is 10.3. The highest BCUT2D eigenvalue weighted by Crippen LogP contribution is 2.44. The Morgan fingerprint density at radius 1 is 1.03 bits per heavy atom. The Hall–Kier alpha value is -3.49. The van der Waals surface area contributed by atoms with Crippen LogP contribution in [0.2, 0.25) is 0 Å². The molecule has 0 aromatic heterocycles. The van der Waals surface area contributed by atoms with E-state index in [0.717, 1.165) is 60.8 Å². The van der Waals surface area contributed by atoms with Crippen molar-refractivity contribution in [1.29, 1.82) is 0 Å². The van der Waals surface area contributed by atoms with Gasteiger partial charge in [0.2, 0.25) is 5.91 Å². The number of nitrogens with one attached hydrogen (secondary N) is 1. The fourth-order valence-electron chi connectivity index (χ4n) is 5.92. The molecule has 0 aliphatic carbocycles. The summed E-state index contributed by atoms with van der Waals surface area (Å²) in [6.45, 7) is 3.66. The summed E-state index contributed by atoms with van der Waals surface area (Å²) in [5.74, 6) is 0.835. The molecule has 1 atom stereocenters. The molecule has 3 heterocycles. The van der Waals surface area contributed by atoms with E-state index in [9.17, 15) is 14.7 Å². The average molecular weight is 530 g/mol. The van der Waals surface area contributed by atoms with E-state index in [-0.39, 0.29) is 16.7 Å². The minimum absolute atomic E-state index is 0.00619. The molecule has 2 saturated heterocycles. The topological polar surface area (TPSA) is 82.1 Å². The van der Waals surface area contributed by atoms with Gasteiger partial charge in [0.25, 0.3) is 0 Å². The first-order valence-electron chi connectivity index (χ1n) is 13.1. The molecule has 7 nitrogen and oxygen atoms in total. The number of carboxylic acid groups (broad SMARTS) is 1.